The van der Waals surface area contributed by atoms with E-state index in [4.69, 9.17) is 4.74 Å². The van der Waals surface area contributed by atoms with Crippen molar-refractivity contribution >= 4 is 10.8 Å². The first-order chi connectivity index (χ1) is 6.87. The molecule has 0 aliphatic heterocycles. The molecule has 1 fully saturated rings. The van der Waals surface area contributed by atoms with E-state index in [-0.39, 0.29) is 5.60 Å². The molecule has 90 valence electrons. The maximum atomic E-state index is 10.8. The van der Waals surface area contributed by atoms with Gasteiger partial charge in [0.15, 0.2) is 0 Å². The highest BCUT2D eigenvalue weighted by molar-refractivity contribution is 7.84. The number of nitrogens with one attached hydrogen (secondary N) is 1. The van der Waals surface area contributed by atoms with Gasteiger partial charge < -0.3 is 10.1 Å². The van der Waals surface area contributed by atoms with Crippen molar-refractivity contribution in [2.45, 2.75) is 51.4 Å². The average molecular weight is 233 g/mol. The predicted molar refractivity (Wildman–Crippen MR) is 64.6 cm³/mol. The maximum Gasteiger partial charge on any atom is 0.0612 e. The van der Waals surface area contributed by atoms with Crippen LogP contribution in [0.15, 0.2) is 0 Å². The van der Waals surface area contributed by atoms with Gasteiger partial charge in [-0.25, -0.2) is 0 Å². The molecule has 1 N–H and O–H groups in total. The molecule has 0 radical (unpaired) electrons. The van der Waals surface area contributed by atoms with E-state index in [9.17, 15) is 4.21 Å². The molecule has 15 heavy (non-hydrogen) atoms. The summed E-state index contributed by atoms with van der Waals surface area (Å²) in [6.45, 7) is 7.13. The number of ether oxygens (including phenoxy) is 1. The van der Waals surface area contributed by atoms with Gasteiger partial charge in [-0.05, 0) is 33.6 Å². The highest BCUT2D eigenvalue weighted by Crippen LogP contribution is 2.27. The van der Waals surface area contributed by atoms with Gasteiger partial charge in [0, 0.05) is 35.4 Å². The van der Waals surface area contributed by atoms with Crippen LogP contribution < -0.4 is 5.32 Å². The average Bonchev–Trinajstić information content (AvgIpc) is 1.96. The quantitative estimate of drug-likeness (QED) is 0.778. The summed E-state index contributed by atoms with van der Waals surface area (Å²) >= 11 is 0. The maximum absolute atomic E-state index is 10.8. The van der Waals surface area contributed by atoms with Crippen molar-refractivity contribution in [1.29, 1.82) is 0 Å². The van der Waals surface area contributed by atoms with E-state index in [0.29, 0.717) is 12.1 Å². The van der Waals surface area contributed by atoms with Crippen LogP contribution in [0.4, 0.5) is 0 Å². The zero-order chi connectivity index (χ0) is 11.5. The highest BCUT2D eigenvalue weighted by Gasteiger charge is 2.32. The molecule has 0 aromatic heterocycles. The first kappa shape index (κ1) is 13.1. The van der Waals surface area contributed by atoms with Crippen LogP contribution in [0, 0.1) is 0 Å². The van der Waals surface area contributed by atoms with Crippen LogP contribution in [0.1, 0.15) is 33.6 Å². The monoisotopic (exact) mass is 233 g/mol. The van der Waals surface area contributed by atoms with E-state index < -0.39 is 10.8 Å². The Morgan fingerprint density at radius 1 is 1.40 bits per heavy atom. The van der Waals surface area contributed by atoms with Gasteiger partial charge in [-0.2, -0.15) is 0 Å². The molecule has 0 aromatic rings. The van der Waals surface area contributed by atoms with Gasteiger partial charge in [-0.3, -0.25) is 4.21 Å². The Bertz CT molecular complexity index is 219. The van der Waals surface area contributed by atoms with Crippen molar-refractivity contribution in [2.75, 3.05) is 18.6 Å². The summed E-state index contributed by atoms with van der Waals surface area (Å²) in [5.74, 6) is 0.751. The number of hydrogen-bond acceptors (Lipinski definition) is 3. The third-order valence-electron chi connectivity index (χ3n) is 2.44. The van der Waals surface area contributed by atoms with Crippen LogP contribution in [0.25, 0.3) is 0 Å². The molecule has 1 saturated carbocycles. The fourth-order valence-electron chi connectivity index (χ4n) is 1.74. The second kappa shape index (κ2) is 5.41. The molecule has 1 unspecified atom stereocenters. The van der Waals surface area contributed by atoms with Crippen molar-refractivity contribution in [3.63, 3.8) is 0 Å². The molecule has 1 atom stereocenters. The van der Waals surface area contributed by atoms with E-state index in [0.717, 1.165) is 25.1 Å². The fourth-order valence-corrected chi connectivity index (χ4v) is 2.14. The highest BCUT2D eigenvalue weighted by atomic mass is 32.2. The van der Waals surface area contributed by atoms with Gasteiger partial charge in [0.25, 0.3) is 0 Å². The third kappa shape index (κ3) is 5.64. The summed E-state index contributed by atoms with van der Waals surface area (Å²) in [6, 6.07) is 0.570. The molecule has 1 aliphatic carbocycles. The summed E-state index contributed by atoms with van der Waals surface area (Å²) in [5, 5.41) is 3.39. The largest absolute Gasteiger partial charge is 0.373 e. The molecular formula is C11H23NO2S. The molecular weight excluding hydrogens is 210 g/mol. The summed E-state index contributed by atoms with van der Waals surface area (Å²) in [4.78, 5) is 0. The van der Waals surface area contributed by atoms with Crippen molar-refractivity contribution in [3.8, 4) is 0 Å². The minimum Gasteiger partial charge on any atom is -0.373 e. The Morgan fingerprint density at radius 2 is 2.00 bits per heavy atom. The van der Waals surface area contributed by atoms with Gasteiger partial charge >= 0.3 is 0 Å². The Kier molecular flexibility index (Phi) is 4.74. The van der Waals surface area contributed by atoms with Crippen molar-refractivity contribution < 1.29 is 8.95 Å². The number of hydrogen-bond donors (Lipinski definition) is 1. The standard InChI is InChI=1S/C11H23NO2S/c1-11(2,3)14-10-7-9(8-10)12-5-6-15(4)13/h9-10,12H,5-8H2,1-4H3. The Hall–Kier alpha value is 0.0700. The van der Waals surface area contributed by atoms with E-state index in [1.54, 1.807) is 6.26 Å². The normalized spacial score (nSPS) is 28.5. The summed E-state index contributed by atoms with van der Waals surface area (Å²) in [5.41, 5.74) is -0.0272. The van der Waals surface area contributed by atoms with Crippen molar-refractivity contribution in [1.82, 2.24) is 5.32 Å². The van der Waals surface area contributed by atoms with Crippen molar-refractivity contribution in [2.24, 2.45) is 0 Å². The van der Waals surface area contributed by atoms with E-state index >= 15 is 0 Å². The SMILES string of the molecule is CS(=O)CCNC1CC(OC(C)(C)C)C1. The van der Waals surface area contributed by atoms with E-state index in [1.165, 1.54) is 0 Å². The van der Waals surface area contributed by atoms with E-state index in [2.05, 4.69) is 26.1 Å². The lowest BCUT2D eigenvalue weighted by Gasteiger charge is -2.39. The zero-order valence-electron chi connectivity index (χ0n) is 10.2. The van der Waals surface area contributed by atoms with Gasteiger partial charge in [-0.1, -0.05) is 0 Å². The first-order valence-electron chi connectivity index (χ1n) is 5.58. The molecule has 3 nitrogen and oxygen atoms in total. The van der Waals surface area contributed by atoms with Crippen LogP contribution in [0.3, 0.4) is 0 Å². The van der Waals surface area contributed by atoms with Crippen LogP contribution >= 0.6 is 0 Å². The number of rotatable bonds is 5. The van der Waals surface area contributed by atoms with Crippen molar-refractivity contribution in [3.05, 3.63) is 0 Å². The third-order valence-corrected chi connectivity index (χ3v) is 3.22. The lowest BCUT2D eigenvalue weighted by Crippen LogP contribution is -2.48. The summed E-state index contributed by atoms with van der Waals surface area (Å²) in [7, 11) is -0.678. The molecule has 1 rings (SSSR count). The molecule has 0 spiro atoms. The van der Waals surface area contributed by atoms with Gasteiger partial charge in [0.2, 0.25) is 0 Å². The van der Waals surface area contributed by atoms with Crippen LogP contribution in [0.5, 0.6) is 0 Å². The second-order valence-electron chi connectivity index (χ2n) is 5.25. The molecule has 0 bridgehead atoms. The predicted octanol–water partition coefficient (Wildman–Crippen LogP) is 1.30. The molecule has 4 heteroatoms. The summed E-state index contributed by atoms with van der Waals surface area (Å²) in [6.07, 6.45) is 4.34. The van der Waals surface area contributed by atoms with Crippen LogP contribution in [-0.2, 0) is 15.5 Å². The minimum atomic E-state index is -0.678. The molecule has 1 aliphatic rings. The van der Waals surface area contributed by atoms with Crippen LogP contribution in [-0.4, -0.2) is 40.5 Å². The zero-order valence-corrected chi connectivity index (χ0v) is 11.0. The first-order valence-corrected chi connectivity index (χ1v) is 7.31. The smallest absolute Gasteiger partial charge is 0.0612 e. The summed E-state index contributed by atoms with van der Waals surface area (Å²) < 4.78 is 16.7. The molecule has 0 saturated heterocycles. The Labute approximate surface area is 95.4 Å². The van der Waals surface area contributed by atoms with Crippen LogP contribution in [0.2, 0.25) is 0 Å². The van der Waals surface area contributed by atoms with E-state index in [1.807, 2.05) is 0 Å². The fraction of sp³-hybridized carbons (Fsp3) is 1.00. The van der Waals surface area contributed by atoms with Gasteiger partial charge in [-0.15, -0.1) is 0 Å². The molecule has 0 heterocycles. The lowest BCUT2D eigenvalue weighted by atomic mass is 9.88. The van der Waals surface area contributed by atoms with Gasteiger partial charge in [0.1, 0.15) is 0 Å². The minimum absolute atomic E-state index is 0.0272. The molecule has 0 amide bonds. The van der Waals surface area contributed by atoms with Gasteiger partial charge in [0.05, 0.1) is 11.7 Å². The topological polar surface area (TPSA) is 38.3 Å². The Balaban J connectivity index is 2.03. The second-order valence-corrected chi connectivity index (χ2v) is 6.81. The Morgan fingerprint density at radius 3 is 2.47 bits per heavy atom. The lowest BCUT2D eigenvalue weighted by molar-refractivity contribution is -0.102. The molecule has 0 aromatic carbocycles.